The summed E-state index contributed by atoms with van der Waals surface area (Å²) >= 11 is 4.62. The number of nitrogens with one attached hydrogen (secondary N) is 1. The molecular formula is C19H9BrN4O3S. The number of nitro groups is 1. The molecule has 28 heavy (non-hydrogen) atoms. The molecule has 0 bridgehead atoms. The molecule has 4 rings (SSSR count). The number of anilines is 1. The van der Waals surface area contributed by atoms with Crippen molar-refractivity contribution in [3.8, 4) is 17.3 Å². The summed E-state index contributed by atoms with van der Waals surface area (Å²) in [5.74, 6) is -0.479. The molecule has 136 valence electrons. The van der Waals surface area contributed by atoms with Gasteiger partial charge < -0.3 is 5.32 Å². The molecular weight excluding hydrogens is 444 g/mol. The Morgan fingerprint density at radius 1 is 1.25 bits per heavy atom. The average Bonchev–Trinajstić information content (AvgIpc) is 3.28. The maximum atomic E-state index is 12.5. The van der Waals surface area contributed by atoms with Gasteiger partial charge in [-0.25, -0.2) is 4.98 Å². The van der Waals surface area contributed by atoms with E-state index in [1.165, 1.54) is 29.5 Å². The van der Waals surface area contributed by atoms with Crippen molar-refractivity contribution < 1.29 is 9.72 Å². The van der Waals surface area contributed by atoms with Crippen molar-refractivity contribution in [3.63, 3.8) is 0 Å². The van der Waals surface area contributed by atoms with Gasteiger partial charge in [-0.3, -0.25) is 14.9 Å². The van der Waals surface area contributed by atoms with Crippen LogP contribution in [0.4, 0.5) is 11.4 Å². The predicted molar refractivity (Wildman–Crippen MR) is 109 cm³/mol. The molecule has 2 heterocycles. The molecule has 0 saturated heterocycles. The molecule has 7 nitrogen and oxygen atoms in total. The van der Waals surface area contributed by atoms with Crippen molar-refractivity contribution in [3.05, 3.63) is 73.0 Å². The number of halogens is 1. The van der Waals surface area contributed by atoms with Crippen LogP contribution in [-0.2, 0) is 4.79 Å². The molecule has 1 aliphatic heterocycles. The number of carbonyl (C=O) groups is 1. The second-order valence-corrected chi connectivity index (χ2v) is 7.62. The standard InChI is InChI=1S/C19H9BrN4O3S/c20-11-3-1-10(2-4-11)16-9-28-19(23-16)14(8-21)17-13-7-12(24(26)27)5-6-15(13)22-18(17)25/h1-7,9H,(H,22,25). The minimum absolute atomic E-state index is 0.0881. The minimum Gasteiger partial charge on any atom is -0.321 e. The van der Waals surface area contributed by atoms with Gasteiger partial charge in [-0.1, -0.05) is 28.1 Å². The third kappa shape index (κ3) is 3.09. The number of aromatic nitrogens is 1. The first-order valence-corrected chi connectivity index (χ1v) is 9.61. The summed E-state index contributed by atoms with van der Waals surface area (Å²) in [6.45, 7) is 0. The molecule has 9 heteroatoms. The van der Waals surface area contributed by atoms with E-state index in [0.29, 0.717) is 22.0 Å². The van der Waals surface area contributed by atoms with Gasteiger partial charge in [-0.15, -0.1) is 11.3 Å². The quantitative estimate of drug-likeness (QED) is 0.264. The maximum absolute atomic E-state index is 12.5. The highest BCUT2D eigenvalue weighted by molar-refractivity contribution is 9.10. The lowest BCUT2D eigenvalue weighted by molar-refractivity contribution is -0.384. The molecule has 0 aliphatic carbocycles. The van der Waals surface area contributed by atoms with Crippen LogP contribution >= 0.6 is 27.3 Å². The fourth-order valence-corrected chi connectivity index (χ4v) is 3.96. The van der Waals surface area contributed by atoms with Crippen LogP contribution in [0.5, 0.6) is 0 Å². The number of hydrogen-bond acceptors (Lipinski definition) is 6. The zero-order chi connectivity index (χ0) is 19.8. The number of nitriles is 1. The van der Waals surface area contributed by atoms with Gasteiger partial charge in [0.1, 0.15) is 16.6 Å². The first-order chi connectivity index (χ1) is 13.5. The van der Waals surface area contributed by atoms with Crippen LogP contribution in [0.25, 0.3) is 22.4 Å². The molecule has 0 fully saturated rings. The van der Waals surface area contributed by atoms with Gasteiger partial charge in [0.2, 0.25) is 0 Å². The van der Waals surface area contributed by atoms with E-state index in [2.05, 4.69) is 26.2 Å². The van der Waals surface area contributed by atoms with Gasteiger partial charge in [-0.2, -0.15) is 5.26 Å². The number of carbonyl (C=O) groups excluding carboxylic acids is 1. The van der Waals surface area contributed by atoms with Crippen LogP contribution in [-0.4, -0.2) is 15.8 Å². The molecule has 1 aromatic heterocycles. The van der Waals surface area contributed by atoms with Crippen LogP contribution in [0.3, 0.4) is 0 Å². The van der Waals surface area contributed by atoms with Gasteiger partial charge in [0.15, 0.2) is 0 Å². The number of benzene rings is 2. The number of hydrogen-bond donors (Lipinski definition) is 1. The Labute approximate surface area is 171 Å². The summed E-state index contributed by atoms with van der Waals surface area (Å²) in [5, 5.41) is 25.6. The Morgan fingerprint density at radius 3 is 2.68 bits per heavy atom. The Bertz CT molecular complexity index is 1210. The van der Waals surface area contributed by atoms with E-state index < -0.39 is 10.8 Å². The number of nitro benzene ring substituents is 1. The van der Waals surface area contributed by atoms with Crippen molar-refractivity contribution in [2.24, 2.45) is 0 Å². The highest BCUT2D eigenvalue weighted by Gasteiger charge is 2.31. The summed E-state index contributed by atoms with van der Waals surface area (Å²) in [6, 6.07) is 13.7. The molecule has 0 radical (unpaired) electrons. The normalized spacial score (nSPS) is 14.2. The SMILES string of the molecule is N#CC(=C1C(=O)Nc2ccc([N+](=O)[O-])cc21)c1nc(-c2ccc(Br)cc2)cs1. The summed E-state index contributed by atoms with van der Waals surface area (Å²) in [6.07, 6.45) is 0. The topological polar surface area (TPSA) is 109 Å². The van der Waals surface area contributed by atoms with Crippen molar-refractivity contribution in [1.29, 1.82) is 5.26 Å². The monoisotopic (exact) mass is 452 g/mol. The Kier molecular flexibility index (Phi) is 4.50. The molecule has 0 spiro atoms. The van der Waals surface area contributed by atoms with Gasteiger partial charge in [0.25, 0.3) is 11.6 Å². The molecule has 2 aromatic carbocycles. The molecule has 0 atom stereocenters. The molecule has 0 unspecified atom stereocenters. The Hall–Kier alpha value is -3.35. The summed E-state index contributed by atoms with van der Waals surface area (Å²) < 4.78 is 0.937. The lowest BCUT2D eigenvalue weighted by atomic mass is 10.0. The van der Waals surface area contributed by atoms with Crippen LogP contribution in [0.1, 0.15) is 10.6 Å². The van der Waals surface area contributed by atoms with Gasteiger partial charge >= 0.3 is 0 Å². The third-order valence-corrected chi connectivity index (χ3v) is 5.57. The van der Waals surface area contributed by atoms with Gasteiger partial charge in [0.05, 0.1) is 16.2 Å². The molecule has 1 N–H and O–H groups in total. The lowest BCUT2D eigenvalue weighted by Gasteiger charge is -2.01. The van der Waals surface area contributed by atoms with Crippen LogP contribution in [0.15, 0.2) is 52.3 Å². The molecule has 1 amide bonds. The predicted octanol–water partition coefficient (Wildman–Crippen LogP) is 4.87. The number of rotatable bonds is 3. The second-order valence-electron chi connectivity index (χ2n) is 5.85. The van der Waals surface area contributed by atoms with Gasteiger partial charge in [-0.05, 0) is 18.2 Å². The van der Waals surface area contributed by atoms with Crippen molar-refractivity contribution in [2.45, 2.75) is 0 Å². The first kappa shape index (κ1) is 18.0. The fourth-order valence-electron chi connectivity index (χ4n) is 2.87. The van der Waals surface area contributed by atoms with Crippen LogP contribution in [0.2, 0.25) is 0 Å². The Balaban J connectivity index is 1.84. The second kappa shape index (κ2) is 6.99. The van der Waals surface area contributed by atoms with Crippen LogP contribution < -0.4 is 5.32 Å². The summed E-state index contributed by atoms with van der Waals surface area (Å²) in [4.78, 5) is 27.5. The zero-order valence-electron chi connectivity index (χ0n) is 14.0. The van der Waals surface area contributed by atoms with E-state index in [0.717, 1.165) is 10.0 Å². The Morgan fingerprint density at radius 2 is 2.00 bits per heavy atom. The van der Waals surface area contributed by atoms with Crippen molar-refractivity contribution >= 4 is 55.7 Å². The van der Waals surface area contributed by atoms with Crippen molar-refractivity contribution in [1.82, 2.24) is 4.98 Å². The minimum atomic E-state index is -0.540. The summed E-state index contributed by atoms with van der Waals surface area (Å²) in [7, 11) is 0. The number of thiazole rings is 1. The number of non-ortho nitro benzene ring substituents is 1. The molecule has 1 aliphatic rings. The van der Waals surface area contributed by atoms with Crippen LogP contribution in [0, 0.1) is 21.4 Å². The van der Waals surface area contributed by atoms with E-state index in [4.69, 9.17) is 0 Å². The lowest BCUT2D eigenvalue weighted by Crippen LogP contribution is -2.05. The number of fused-ring (bicyclic) bond motifs is 1. The average molecular weight is 453 g/mol. The number of nitrogens with zero attached hydrogens (tertiary/aromatic N) is 3. The van der Waals surface area contributed by atoms with E-state index in [9.17, 15) is 20.2 Å². The smallest absolute Gasteiger partial charge is 0.270 e. The van der Waals surface area contributed by atoms with Gasteiger partial charge in [0, 0.05) is 38.8 Å². The van der Waals surface area contributed by atoms with E-state index >= 15 is 0 Å². The molecule has 0 saturated carbocycles. The third-order valence-electron chi connectivity index (χ3n) is 4.18. The van der Waals surface area contributed by atoms with E-state index in [1.807, 2.05) is 30.3 Å². The zero-order valence-corrected chi connectivity index (χ0v) is 16.4. The van der Waals surface area contributed by atoms with E-state index in [-0.39, 0.29) is 16.8 Å². The number of allylic oxidation sites excluding steroid dienone is 1. The maximum Gasteiger partial charge on any atom is 0.270 e. The van der Waals surface area contributed by atoms with E-state index in [1.54, 1.807) is 5.38 Å². The fraction of sp³-hybridized carbons (Fsp3) is 0. The molecule has 3 aromatic rings. The number of amides is 1. The summed E-state index contributed by atoms with van der Waals surface area (Å²) in [5.41, 5.74) is 2.35. The first-order valence-electron chi connectivity index (χ1n) is 7.94. The highest BCUT2D eigenvalue weighted by atomic mass is 79.9. The highest BCUT2D eigenvalue weighted by Crippen LogP contribution is 2.39. The largest absolute Gasteiger partial charge is 0.321 e. The van der Waals surface area contributed by atoms with Crippen molar-refractivity contribution in [2.75, 3.05) is 5.32 Å².